The van der Waals surface area contributed by atoms with E-state index < -0.39 is 0 Å². The molecule has 1 N–H and O–H groups in total. The van der Waals surface area contributed by atoms with E-state index >= 15 is 0 Å². The van der Waals surface area contributed by atoms with E-state index in [1.54, 1.807) is 0 Å². The maximum atomic E-state index is 12.1. The number of nitrogens with one attached hydrogen (secondary N) is 1. The molecule has 1 fully saturated rings. The van der Waals surface area contributed by atoms with Gasteiger partial charge in [-0.15, -0.1) is 11.3 Å². The Balaban J connectivity index is 1.51. The predicted octanol–water partition coefficient (Wildman–Crippen LogP) is 3.64. The van der Waals surface area contributed by atoms with Crippen molar-refractivity contribution in [1.82, 2.24) is 4.90 Å². The van der Waals surface area contributed by atoms with E-state index in [-0.39, 0.29) is 5.91 Å². The average Bonchev–Trinajstić information content (AvgIpc) is 3.02. The first-order valence-electron chi connectivity index (χ1n) is 7.66. The number of anilines is 1. The van der Waals surface area contributed by atoms with E-state index in [9.17, 15) is 4.79 Å². The number of ether oxygens (including phenoxy) is 1. The lowest BCUT2D eigenvalue weighted by Crippen LogP contribution is -2.37. The Morgan fingerprint density at radius 1 is 1.17 bits per heavy atom. The summed E-state index contributed by atoms with van der Waals surface area (Å²) >= 11 is 4.80. The van der Waals surface area contributed by atoms with Gasteiger partial charge in [-0.25, -0.2) is 0 Å². The Bertz CT molecular complexity index is 651. The molecule has 2 heterocycles. The van der Waals surface area contributed by atoms with Crippen LogP contribution in [0.2, 0.25) is 0 Å². The first-order chi connectivity index (χ1) is 11.2. The summed E-state index contributed by atoms with van der Waals surface area (Å²) < 4.78 is 6.32. The SMILES string of the molecule is O=C(Nc1ccc(CCN2CCOCC2)cc1)c1ccc(Br)s1. The van der Waals surface area contributed by atoms with Gasteiger partial charge in [-0.05, 0) is 52.2 Å². The third kappa shape index (κ3) is 4.88. The minimum atomic E-state index is -0.0678. The molecule has 1 saturated heterocycles. The largest absolute Gasteiger partial charge is 0.379 e. The van der Waals surface area contributed by atoms with Gasteiger partial charge in [0.1, 0.15) is 0 Å². The van der Waals surface area contributed by atoms with Crippen LogP contribution in [-0.2, 0) is 11.2 Å². The molecule has 1 amide bonds. The normalized spacial score (nSPS) is 15.5. The Morgan fingerprint density at radius 3 is 2.57 bits per heavy atom. The molecule has 0 atom stereocenters. The van der Waals surface area contributed by atoms with Crippen LogP contribution >= 0.6 is 27.3 Å². The van der Waals surface area contributed by atoms with Crippen molar-refractivity contribution in [1.29, 1.82) is 0 Å². The number of halogens is 1. The molecule has 1 aromatic carbocycles. The highest BCUT2D eigenvalue weighted by molar-refractivity contribution is 9.11. The van der Waals surface area contributed by atoms with E-state index in [0.29, 0.717) is 4.88 Å². The quantitative estimate of drug-likeness (QED) is 0.841. The zero-order valence-corrected chi connectivity index (χ0v) is 15.2. The molecular formula is C17H19BrN2O2S. The Labute approximate surface area is 148 Å². The van der Waals surface area contributed by atoms with Gasteiger partial charge in [0, 0.05) is 25.3 Å². The fraction of sp³-hybridized carbons (Fsp3) is 0.353. The van der Waals surface area contributed by atoms with Crippen LogP contribution in [0.25, 0.3) is 0 Å². The topological polar surface area (TPSA) is 41.6 Å². The molecule has 1 aliphatic heterocycles. The molecule has 0 bridgehead atoms. The monoisotopic (exact) mass is 394 g/mol. The van der Waals surface area contributed by atoms with Crippen molar-refractivity contribution in [3.63, 3.8) is 0 Å². The Kier molecular flexibility index (Phi) is 5.83. The first-order valence-corrected chi connectivity index (χ1v) is 9.27. The van der Waals surface area contributed by atoms with Gasteiger partial charge >= 0.3 is 0 Å². The fourth-order valence-corrected chi connectivity index (χ4v) is 3.78. The number of carbonyl (C=O) groups excluding carboxylic acids is 1. The van der Waals surface area contributed by atoms with Gasteiger partial charge in [0.25, 0.3) is 5.91 Å². The number of amides is 1. The van der Waals surface area contributed by atoms with Crippen LogP contribution in [0, 0.1) is 0 Å². The molecule has 0 spiro atoms. The van der Waals surface area contributed by atoms with Gasteiger partial charge in [-0.3, -0.25) is 9.69 Å². The van der Waals surface area contributed by atoms with Gasteiger partial charge in [0.05, 0.1) is 21.9 Å². The van der Waals surface area contributed by atoms with E-state index in [1.165, 1.54) is 16.9 Å². The lowest BCUT2D eigenvalue weighted by molar-refractivity contribution is 0.0384. The summed E-state index contributed by atoms with van der Waals surface area (Å²) in [5.41, 5.74) is 2.11. The molecule has 1 aliphatic rings. The fourth-order valence-electron chi connectivity index (χ4n) is 2.50. The predicted molar refractivity (Wildman–Crippen MR) is 97.4 cm³/mol. The highest BCUT2D eigenvalue weighted by Crippen LogP contribution is 2.23. The van der Waals surface area contributed by atoms with Gasteiger partial charge in [-0.2, -0.15) is 0 Å². The third-order valence-corrected chi connectivity index (χ3v) is 5.45. The minimum absolute atomic E-state index is 0.0678. The standard InChI is InChI=1S/C17H19BrN2O2S/c18-16-6-5-15(23-16)17(21)19-14-3-1-13(2-4-14)7-8-20-9-11-22-12-10-20/h1-6H,7-12H2,(H,19,21). The van der Waals surface area contributed by atoms with Crippen LogP contribution in [0.5, 0.6) is 0 Å². The Hall–Kier alpha value is -1.21. The molecule has 122 valence electrons. The molecule has 23 heavy (non-hydrogen) atoms. The first kappa shape index (κ1) is 16.6. The summed E-state index contributed by atoms with van der Waals surface area (Å²) in [6.45, 7) is 4.76. The maximum absolute atomic E-state index is 12.1. The van der Waals surface area contributed by atoms with Gasteiger partial charge in [0.15, 0.2) is 0 Å². The van der Waals surface area contributed by atoms with Crippen LogP contribution < -0.4 is 5.32 Å². The second-order valence-electron chi connectivity index (χ2n) is 5.46. The second kappa shape index (κ2) is 8.06. The molecule has 6 heteroatoms. The number of hydrogen-bond donors (Lipinski definition) is 1. The third-order valence-electron chi connectivity index (χ3n) is 3.83. The molecule has 3 rings (SSSR count). The van der Waals surface area contributed by atoms with E-state index in [4.69, 9.17) is 4.74 Å². The molecule has 0 saturated carbocycles. The second-order valence-corrected chi connectivity index (χ2v) is 7.92. The van der Waals surface area contributed by atoms with Crippen LogP contribution in [0.4, 0.5) is 5.69 Å². The molecule has 0 aliphatic carbocycles. The summed E-state index contributed by atoms with van der Waals surface area (Å²) in [7, 11) is 0. The molecule has 1 aromatic heterocycles. The van der Waals surface area contributed by atoms with Crippen molar-refractivity contribution in [3.8, 4) is 0 Å². The van der Waals surface area contributed by atoms with E-state index in [0.717, 1.165) is 48.7 Å². The minimum Gasteiger partial charge on any atom is -0.379 e. The molecule has 0 radical (unpaired) electrons. The summed E-state index contributed by atoms with van der Waals surface area (Å²) in [5, 5.41) is 2.93. The van der Waals surface area contributed by atoms with Crippen LogP contribution in [0.15, 0.2) is 40.2 Å². The number of benzene rings is 1. The summed E-state index contributed by atoms with van der Waals surface area (Å²) in [5.74, 6) is -0.0678. The number of carbonyl (C=O) groups is 1. The number of nitrogens with zero attached hydrogens (tertiary/aromatic N) is 1. The summed E-state index contributed by atoms with van der Waals surface area (Å²) in [6, 6.07) is 11.8. The Morgan fingerprint density at radius 2 is 1.91 bits per heavy atom. The molecular weight excluding hydrogens is 376 g/mol. The van der Waals surface area contributed by atoms with Gasteiger partial charge in [-0.1, -0.05) is 12.1 Å². The summed E-state index contributed by atoms with van der Waals surface area (Å²) in [4.78, 5) is 15.2. The van der Waals surface area contributed by atoms with Gasteiger partial charge < -0.3 is 10.1 Å². The summed E-state index contributed by atoms with van der Waals surface area (Å²) in [6.07, 6.45) is 1.02. The lowest BCUT2D eigenvalue weighted by atomic mass is 10.1. The van der Waals surface area contributed by atoms with Crippen LogP contribution in [0.3, 0.4) is 0 Å². The van der Waals surface area contributed by atoms with Crippen molar-refractivity contribution in [2.75, 3.05) is 38.2 Å². The van der Waals surface area contributed by atoms with Crippen molar-refractivity contribution in [2.45, 2.75) is 6.42 Å². The number of morpholine rings is 1. The highest BCUT2D eigenvalue weighted by Gasteiger charge is 2.11. The van der Waals surface area contributed by atoms with Crippen molar-refractivity contribution < 1.29 is 9.53 Å². The number of thiophene rings is 1. The molecule has 0 unspecified atom stereocenters. The molecule has 2 aromatic rings. The zero-order valence-electron chi connectivity index (χ0n) is 12.8. The van der Waals surface area contributed by atoms with Crippen molar-refractivity contribution in [2.24, 2.45) is 0 Å². The van der Waals surface area contributed by atoms with Crippen LogP contribution in [0.1, 0.15) is 15.2 Å². The van der Waals surface area contributed by atoms with Crippen molar-refractivity contribution >= 4 is 38.9 Å². The molecule has 4 nitrogen and oxygen atoms in total. The van der Waals surface area contributed by atoms with Crippen molar-refractivity contribution in [3.05, 3.63) is 50.6 Å². The van der Waals surface area contributed by atoms with E-state index in [2.05, 4.69) is 38.3 Å². The number of rotatable bonds is 5. The van der Waals surface area contributed by atoms with Gasteiger partial charge in [0.2, 0.25) is 0 Å². The smallest absolute Gasteiger partial charge is 0.265 e. The zero-order chi connectivity index (χ0) is 16.1. The lowest BCUT2D eigenvalue weighted by Gasteiger charge is -2.26. The maximum Gasteiger partial charge on any atom is 0.265 e. The van der Waals surface area contributed by atoms with E-state index in [1.807, 2.05) is 24.3 Å². The number of hydrogen-bond acceptors (Lipinski definition) is 4. The highest BCUT2D eigenvalue weighted by atomic mass is 79.9. The average molecular weight is 395 g/mol. The van der Waals surface area contributed by atoms with Crippen LogP contribution in [-0.4, -0.2) is 43.7 Å².